The molecule has 0 saturated carbocycles. The fourth-order valence-electron chi connectivity index (χ4n) is 2.41. The fraction of sp³-hybridized carbons (Fsp3) is 0.211. The largest absolute Gasteiger partial charge is 0.434 e. The Bertz CT molecular complexity index is 1020. The predicted molar refractivity (Wildman–Crippen MR) is 96.7 cm³/mol. The quantitative estimate of drug-likeness (QED) is 0.575. The highest BCUT2D eigenvalue weighted by molar-refractivity contribution is 6.04. The lowest BCUT2D eigenvalue weighted by Crippen LogP contribution is -2.17. The summed E-state index contributed by atoms with van der Waals surface area (Å²) in [4.78, 5) is 19.2. The maximum Gasteiger partial charge on any atom is 0.434 e. The van der Waals surface area contributed by atoms with Gasteiger partial charge < -0.3 is 9.88 Å². The van der Waals surface area contributed by atoms with Crippen molar-refractivity contribution in [1.29, 1.82) is 0 Å². The van der Waals surface area contributed by atoms with Gasteiger partial charge in [-0.1, -0.05) is 13.8 Å². The van der Waals surface area contributed by atoms with Gasteiger partial charge in [-0.3, -0.25) is 4.79 Å². The molecular formula is C19H16F6N4O. The van der Waals surface area contributed by atoms with Crippen molar-refractivity contribution in [3.05, 3.63) is 71.2 Å². The summed E-state index contributed by atoms with van der Waals surface area (Å²) in [5.74, 6) is -5.22. The molecule has 0 bridgehead atoms. The van der Waals surface area contributed by atoms with Gasteiger partial charge in [0.25, 0.3) is 5.91 Å². The Morgan fingerprint density at radius 1 is 1.07 bits per heavy atom. The monoisotopic (exact) mass is 430 g/mol. The molecule has 2 aromatic heterocycles. The molecule has 3 aromatic rings. The van der Waals surface area contributed by atoms with Gasteiger partial charge in [0.2, 0.25) is 0 Å². The minimum Gasteiger partial charge on any atom is -0.306 e. The van der Waals surface area contributed by atoms with Gasteiger partial charge in [0.05, 0.1) is 11.9 Å². The van der Waals surface area contributed by atoms with Crippen molar-refractivity contribution in [1.82, 2.24) is 14.5 Å². The summed E-state index contributed by atoms with van der Waals surface area (Å²) in [5, 5.41) is 2.12. The van der Waals surface area contributed by atoms with Gasteiger partial charge in [-0.05, 0) is 19.1 Å². The van der Waals surface area contributed by atoms with Crippen LogP contribution in [0.2, 0.25) is 0 Å². The van der Waals surface area contributed by atoms with Gasteiger partial charge in [-0.15, -0.1) is 0 Å². The van der Waals surface area contributed by atoms with Crippen molar-refractivity contribution in [3.63, 3.8) is 0 Å². The smallest absolute Gasteiger partial charge is 0.306 e. The number of carbonyl (C=O) groups is 1. The Morgan fingerprint density at radius 3 is 2.13 bits per heavy atom. The van der Waals surface area contributed by atoms with Crippen molar-refractivity contribution in [3.8, 4) is 5.69 Å². The van der Waals surface area contributed by atoms with E-state index in [0.29, 0.717) is 12.1 Å². The van der Waals surface area contributed by atoms with Gasteiger partial charge in [0.1, 0.15) is 34.7 Å². The maximum absolute atomic E-state index is 13.6. The summed E-state index contributed by atoms with van der Waals surface area (Å²) in [6.07, 6.45) is -2.68. The molecular weight excluding hydrogens is 414 g/mol. The number of nitrogens with one attached hydrogen (secondary N) is 1. The molecule has 0 unspecified atom stereocenters. The van der Waals surface area contributed by atoms with E-state index in [1.165, 1.54) is 19.1 Å². The van der Waals surface area contributed by atoms with Gasteiger partial charge in [0, 0.05) is 18.3 Å². The van der Waals surface area contributed by atoms with E-state index in [1.807, 2.05) is 13.8 Å². The highest BCUT2D eigenvalue weighted by Gasteiger charge is 2.34. The van der Waals surface area contributed by atoms with Crippen LogP contribution in [0.1, 0.15) is 35.7 Å². The van der Waals surface area contributed by atoms with Crippen molar-refractivity contribution in [2.24, 2.45) is 0 Å². The number of aryl methyl sites for hydroxylation is 1. The van der Waals surface area contributed by atoms with Crippen LogP contribution < -0.4 is 5.32 Å². The molecule has 0 spiro atoms. The molecule has 0 aliphatic carbocycles. The van der Waals surface area contributed by atoms with Gasteiger partial charge >= 0.3 is 6.18 Å². The van der Waals surface area contributed by atoms with Crippen LogP contribution in [0.15, 0.2) is 36.7 Å². The first kappa shape index (κ1) is 22.9. The van der Waals surface area contributed by atoms with Crippen molar-refractivity contribution in [2.75, 3.05) is 5.32 Å². The minimum absolute atomic E-state index is 0.0568. The van der Waals surface area contributed by atoms with Crippen LogP contribution in [0.4, 0.5) is 32.2 Å². The van der Waals surface area contributed by atoms with Crippen LogP contribution in [0.5, 0.6) is 0 Å². The Balaban J connectivity index is 0.00000155. The zero-order valence-electron chi connectivity index (χ0n) is 16.0. The molecule has 1 amide bonds. The van der Waals surface area contributed by atoms with E-state index in [-0.39, 0.29) is 17.3 Å². The summed E-state index contributed by atoms with van der Waals surface area (Å²) in [6.45, 7) is 5.37. The molecule has 2 heterocycles. The zero-order valence-corrected chi connectivity index (χ0v) is 16.0. The average Bonchev–Trinajstić information content (AvgIpc) is 3.05. The Kier molecular flexibility index (Phi) is 6.85. The number of carbonyl (C=O) groups excluding carboxylic acids is 1. The molecule has 160 valence electrons. The summed E-state index contributed by atoms with van der Waals surface area (Å²) >= 11 is 0. The first-order chi connectivity index (χ1) is 14.1. The number of nitrogens with zero attached hydrogens (tertiary/aromatic N) is 3. The maximum atomic E-state index is 13.6. The van der Waals surface area contributed by atoms with Crippen LogP contribution in [-0.4, -0.2) is 20.4 Å². The molecule has 0 radical (unpaired) electrons. The molecule has 0 saturated heterocycles. The number of imidazole rings is 1. The summed E-state index contributed by atoms with van der Waals surface area (Å²) in [5.41, 5.74) is -1.85. The highest BCUT2D eigenvalue weighted by Crippen LogP contribution is 2.29. The van der Waals surface area contributed by atoms with Crippen LogP contribution in [0.3, 0.4) is 0 Å². The highest BCUT2D eigenvalue weighted by atomic mass is 19.4. The number of hydrogen-bond acceptors (Lipinski definition) is 3. The molecule has 0 aliphatic rings. The van der Waals surface area contributed by atoms with Gasteiger partial charge in [-0.2, -0.15) is 13.2 Å². The number of anilines is 1. The lowest BCUT2D eigenvalue weighted by atomic mass is 10.2. The van der Waals surface area contributed by atoms with Gasteiger partial charge in [0.15, 0.2) is 5.69 Å². The third kappa shape index (κ3) is 4.97. The van der Waals surface area contributed by atoms with Crippen molar-refractivity contribution < 1.29 is 31.1 Å². The second-order valence-electron chi connectivity index (χ2n) is 5.64. The fourth-order valence-corrected chi connectivity index (χ4v) is 2.41. The van der Waals surface area contributed by atoms with Crippen LogP contribution in [0, 0.1) is 24.4 Å². The molecule has 1 aromatic carbocycles. The molecule has 1 N–H and O–H groups in total. The molecule has 3 rings (SSSR count). The first-order valence-electron chi connectivity index (χ1n) is 8.62. The summed E-state index contributed by atoms with van der Waals surface area (Å²) < 4.78 is 79.5. The molecule has 30 heavy (non-hydrogen) atoms. The van der Waals surface area contributed by atoms with E-state index in [4.69, 9.17) is 0 Å². The number of benzene rings is 1. The number of rotatable bonds is 3. The van der Waals surface area contributed by atoms with E-state index in [9.17, 15) is 31.1 Å². The van der Waals surface area contributed by atoms with Gasteiger partial charge in [-0.25, -0.2) is 23.1 Å². The third-order valence-electron chi connectivity index (χ3n) is 3.67. The van der Waals surface area contributed by atoms with Crippen molar-refractivity contribution in [2.45, 2.75) is 26.9 Å². The van der Waals surface area contributed by atoms with E-state index < -0.39 is 40.8 Å². The molecule has 11 heteroatoms. The Labute approximate surface area is 167 Å². The lowest BCUT2D eigenvalue weighted by molar-refractivity contribution is -0.141. The van der Waals surface area contributed by atoms with Crippen LogP contribution in [-0.2, 0) is 6.18 Å². The second-order valence-corrected chi connectivity index (χ2v) is 5.64. The number of amides is 1. The van der Waals surface area contributed by atoms with E-state index in [2.05, 4.69) is 15.3 Å². The summed E-state index contributed by atoms with van der Waals surface area (Å²) in [7, 11) is 0. The number of alkyl halides is 3. The Hall–Kier alpha value is -3.37. The van der Waals surface area contributed by atoms with E-state index in [0.717, 1.165) is 17.0 Å². The second kappa shape index (κ2) is 8.97. The average molecular weight is 430 g/mol. The topological polar surface area (TPSA) is 59.8 Å². The van der Waals surface area contributed by atoms with Crippen LogP contribution >= 0.6 is 0 Å². The summed E-state index contributed by atoms with van der Waals surface area (Å²) in [6, 6.07) is 3.26. The van der Waals surface area contributed by atoms with E-state index >= 15 is 0 Å². The predicted octanol–water partition coefficient (Wildman–Crippen LogP) is 5.29. The first-order valence-corrected chi connectivity index (χ1v) is 8.62. The SMILES string of the molecule is CC.Cc1nc(C(F)(F)F)cn1-c1ccc(NC(=O)c2c(F)cc(F)cc2F)nc1. The molecule has 0 aliphatic heterocycles. The van der Waals surface area contributed by atoms with E-state index in [1.54, 1.807) is 0 Å². The molecule has 5 nitrogen and oxygen atoms in total. The Morgan fingerprint density at radius 2 is 1.67 bits per heavy atom. The number of pyridine rings is 1. The molecule has 0 atom stereocenters. The zero-order chi connectivity index (χ0) is 22.6. The number of hydrogen-bond donors (Lipinski definition) is 1. The number of aromatic nitrogens is 3. The molecule has 0 fully saturated rings. The standard InChI is InChI=1S/C17H10F6N4O.C2H6/c1-8-25-13(17(21,22)23)7-27(8)10-2-3-14(24-6-10)26-16(28)15-11(19)4-9(18)5-12(15)20;1-2/h2-7H,1H3,(H,24,26,28);1-2H3. The third-order valence-corrected chi connectivity index (χ3v) is 3.67. The van der Waals surface area contributed by atoms with Crippen LogP contribution in [0.25, 0.3) is 5.69 Å². The normalized spacial score (nSPS) is 11.0. The number of halogens is 6. The lowest BCUT2D eigenvalue weighted by Gasteiger charge is -2.08. The van der Waals surface area contributed by atoms with Crippen molar-refractivity contribution >= 4 is 11.7 Å². The minimum atomic E-state index is -4.61.